The number of aryl methyl sites for hydroxylation is 1. The SMILES string of the molecule is CCCc1ccc(C(N)(CC)CC)cc1. The van der Waals surface area contributed by atoms with Crippen molar-refractivity contribution in [2.45, 2.75) is 52.0 Å². The molecule has 0 atom stereocenters. The topological polar surface area (TPSA) is 26.0 Å². The highest BCUT2D eigenvalue weighted by Gasteiger charge is 2.22. The maximum atomic E-state index is 6.34. The summed E-state index contributed by atoms with van der Waals surface area (Å²) in [6.45, 7) is 6.52. The van der Waals surface area contributed by atoms with Gasteiger partial charge < -0.3 is 5.73 Å². The van der Waals surface area contributed by atoms with Crippen LogP contribution in [0.1, 0.15) is 51.2 Å². The van der Waals surface area contributed by atoms with Crippen molar-refractivity contribution in [1.29, 1.82) is 0 Å². The van der Waals surface area contributed by atoms with E-state index < -0.39 is 0 Å². The first kappa shape index (κ1) is 12.3. The molecule has 0 heterocycles. The molecule has 1 heteroatoms. The monoisotopic (exact) mass is 205 g/mol. The molecule has 0 radical (unpaired) electrons. The van der Waals surface area contributed by atoms with Crippen LogP contribution >= 0.6 is 0 Å². The van der Waals surface area contributed by atoms with Gasteiger partial charge in [0.05, 0.1) is 0 Å². The summed E-state index contributed by atoms with van der Waals surface area (Å²) in [6.07, 6.45) is 4.36. The average Bonchev–Trinajstić information content (AvgIpc) is 2.29. The highest BCUT2D eigenvalue weighted by Crippen LogP contribution is 2.25. The van der Waals surface area contributed by atoms with E-state index in [0.717, 1.165) is 19.3 Å². The summed E-state index contributed by atoms with van der Waals surface area (Å²) in [5.41, 5.74) is 8.89. The van der Waals surface area contributed by atoms with Crippen LogP contribution in [0.2, 0.25) is 0 Å². The summed E-state index contributed by atoms with van der Waals surface area (Å²) < 4.78 is 0. The first-order valence-electron chi connectivity index (χ1n) is 6.04. The summed E-state index contributed by atoms with van der Waals surface area (Å²) in [6, 6.07) is 8.81. The molecule has 0 aliphatic rings. The Morgan fingerprint density at radius 1 is 1.00 bits per heavy atom. The molecule has 15 heavy (non-hydrogen) atoms. The van der Waals surface area contributed by atoms with Crippen molar-refractivity contribution in [3.8, 4) is 0 Å². The molecule has 1 nitrogen and oxygen atoms in total. The van der Waals surface area contributed by atoms with Crippen molar-refractivity contribution in [2.24, 2.45) is 5.73 Å². The Hall–Kier alpha value is -0.820. The van der Waals surface area contributed by atoms with E-state index in [1.54, 1.807) is 0 Å². The highest BCUT2D eigenvalue weighted by molar-refractivity contribution is 5.28. The van der Waals surface area contributed by atoms with Gasteiger partial charge in [-0.3, -0.25) is 0 Å². The molecule has 0 aliphatic carbocycles. The minimum Gasteiger partial charge on any atom is -0.321 e. The second-order valence-electron chi connectivity index (χ2n) is 4.31. The Morgan fingerprint density at radius 3 is 1.93 bits per heavy atom. The number of rotatable bonds is 5. The highest BCUT2D eigenvalue weighted by atomic mass is 14.7. The fourth-order valence-electron chi connectivity index (χ4n) is 1.95. The first-order chi connectivity index (χ1) is 7.16. The molecule has 0 amide bonds. The Kier molecular flexibility index (Phi) is 4.34. The molecular formula is C14H23N. The van der Waals surface area contributed by atoms with E-state index in [0.29, 0.717) is 0 Å². The van der Waals surface area contributed by atoms with E-state index in [4.69, 9.17) is 5.73 Å². The molecule has 0 aliphatic heterocycles. The van der Waals surface area contributed by atoms with E-state index in [-0.39, 0.29) is 5.54 Å². The number of nitrogens with two attached hydrogens (primary N) is 1. The maximum absolute atomic E-state index is 6.34. The van der Waals surface area contributed by atoms with Gasteiger partial charge in [-0.15, -0.1) is 0 Å². The molecule has 0 saturated carbocycles. The molecule has 2 N–H and O–H groups in total. The van der Waals surface area contributed by atoms with Crippen LogP contribution < -0.4 is 5.73 Å². The van der Waals surface area contributed by atoms with Crippen LogP contribution in [0.15, 0.2) is 24.3 Å². The molecular weight excluding hydrogens is 182 g/mol. The predicted octanol–water partition coefficient (Wildman–Crippen LogP) is 3.61. The minimum absolute atomic E-state index is 0.134. The normalized spacial score (nSPS) is 11.7. The van der Waals surface area contributed by atoms with Gasteiger partial charge in [-0.2, -0.15) is 0 Å². The molecule has 0 saturated heterocycles. The quantitative estimate of drug-likeness (QED) is 0.780. The smallest absolute Gasteiger partial charge is 0.0404 e. The van der Waals surface area contributed by atoms with Crippen LogP contribution in [-0.4, -0.2) is 0 Å². The lowest BCUT2D eigenvalue weighted by atomic mass is 9.85. The fraction of sp³-hybridized carbons (Fsp3) is 0.571. The van der Waals surface area contributed by atoms with Crippen LogP contribution in [0, 0.1) is 0 Å². The van der Waals surface area contributed by atoms with Crippen molar-refractivity contribution in [2.75, 3.05) is 0 Å². The molecule has 0 bridgehead atoms. The Bertz CT molecular complexity index is 283. The molecule has 0 spiro atoms. The second-order valence-corrected chi connectivity index (χ2v) is 4.31. The van der Waals surface area contributed by atoms with Crippen LogP contribution in [0.4, 0.5) is 0 Å². The van der Waals surface area contributed by atoms with Crippen molar-refractivity contribution in [1.82, 2.24) is 0 Å². The van der Waals surface area contributed by atoms with Crippen molar-refractivity contribution in [3.05, 3.63) is 35.4 Å². The van der Waals surface area contributed by atoms with Crippen LogP contribution in [0.3, 0.4) is 0 Å². The summed E-state index contributed by atoms with van der Waals surface area (Å²) >= 11 is 0. The van der Waals surface area contributed by atoms with Gasteiger partial charge in [-0.1, -0.05) is 51.5 Å². The van der Waals surface area contributed by atoms with Gasteiger partial charge in [-0.25, -0.2) is 0 Å². The molecule has 0 fully saturated rings. The lowest BCUT2D eigenvalue weighted by molar-refractivity contribution is 0.412. The minimum atomic E-state index is -0.134. The maximum Gasteiger partial charge on any atom is 0.0404 e. The predicted molar refractivity (Wildman–Crippen MR) is 66.9 cm³/mol. The third-order valence-electron chi connectivity index (χ3n) is 3.33. The average molecular weight is 205 g/mol. The summed E-state index contributed by atoms with van der Waals surface area (Å²) in [5, 5.41) is 0. The Morgan fingerprint density at radius 2 is 1.53 bits per heavy atom. The standard InChI is InChI=1S/C14H23N/c1-4-7-12-8-10-13(11-9-12)14(15,5-2)6-3/h8-11H,4-7,15H2,1-3H3. The summed E-state index contributed by atoms with van der Waals surface area (Å²) in [4.78, 5) is 0. The van der Waals surface area contributed by atoms with Crippen molar-refractivity contribution < 1.29 is 0 Å². The lowest BCUT2D eigenvalue weighted by Gasteiger charge is -2.27. The van der Waals surface area contributed by atoms with E-state index in [1.165, 1.54) is 17.5 Å². The van der Waals surface area contributed by atoms with Gasteiger partial charge in [0.2, 0.25) is 0 Å². The Balaban J connectivity index is 2.87. The summed E-state index contributed by atoms with van der Waals surface area (Å²) in [5.74, 6) is 0. The molecule has 1 aromatic rings. The van der Waals surface area contributed by atoms with Gasteiger partial charge in [0.15, 0.2) is 0 Å². The van der Waals surface area contributed by atoms with Gasteiger partial charge in [0, 0.05) is 5.54 Å². The molecule has 0 unspecified atom stereocenters. The Labute approximate surface area is 93.7 Å². The van der Waals surface area contributed by atoms with Crippen molar-refractivity contribution >= 4 is 0 Å². The van der Waals surface area contributed by atoms with E-state index in [9.17, 15) is 0 Å². The summed E-state index contributed by atoms with van der Waals surface area (Å²) in [7, 11) is 0. The lowest BCUT2D eigenvalue weighted by Crippen LogP contribution is -2.34. The molecule has 1 rings (SSSR count). The van der Waals surface area contributed by atoms with Gasteiger partial charge in [0.25, 0.3) is 0 Å². The molecule has 1 aromatic carbocycles. The number of hydrogen-bond acceptors (Lipinski definition) is 1. The zero-order valence-corrected chi connectivity index (χ0v) is 10.2. The molecule has 84 valence electrons. The van der Waals surface area contributed by atoms with Gasteiger partial charge >= 0.3 is 0 Å². The van der Waals surface area contributed by atoms with Crippen LogP contribution in [0.5, 0.6) is 0 Å². The van der Waals surface area contributed by atoms with Crippen molar-refractivity contribution in [3.63, 3.8) is 0 Å². The van der Waals surface area contributed by atoms with Gasteiger partial charge in [0.1, 0.15) is 0 Å². The van der Waals surface area contributed by atoms with Crippen LogP contribution in [0.25, 0.3) is 0 Å². The van der Waals surface area contributed by atoms with E-state index >= 15 is 0 Å². The third-order valence-corrected chi connectivity index (χ3v) is 3.33. The second kappa shape index (κ2) is 5.32. The van der Waals surface area contributed by atoms with E-state index in [1.807, 2.05) is 0 Å². The molecule has 0 aromatic heterocycles. The van der Waals surface area contributed by atoms with E-state index in [2.05, 4.69) is 45.0 Å². The zero-order chi connectivity index (χ0) is 11.3. The first-order valence-corrected chi connectivity index (χ1v) is 6.04. The number of hydrogen-bond donors (Lipinski definition) is 1. The number of benzene rings is 1. The van der Waals surface area contributed by atoms with Gasteiger partial charge in [-0.05, 0) is 30.4 Å². The largest absolute Gasteiger partial charge is 0.321 e. The fourth-order valence-corrected chi connectivity index (χ4v) is 1.95. The van der Waals surface area contributed by atoms with Crippen LogP contribution in [-0.2, 0) is 12.0 Å². The third kappa shape index (κ3) is 2.82. The zero-order valence-electron chi connectivity index (χ0n) is 10.2.